The van der Waals surface area contributed by atoms with E-state index in [-0.39, 0.29) is 16.9 Å². The molecule has 0 saturated carbocycles. The van der Waals surface area contributed by atoms with E-state index in [1.807, 2.05) is 0 Å². The number of anilines is 2. The second-order valence-electron chi connectivity index (χ2n) is 3.92. The number of halogens is 1. The van der Waals surface area contributed by atoms with Crippen molar-refractivity contribution in [3.8, 4) is 0 Å². The number of nitrogens with zero attached hydrogens (tertiary/aromatic N) is 2. The number of hydrazine groups is 1. The zero-order chi connectivity index (χ0) is 15.4. The number of amides is 1. The van der Waals surface area contributed by atoms with Crippen molar-refractivity contribution in [2.24, 2.45) is 5.84 Å². The SMILES string of the molecule is NNc1ccc(C(=O)Nc2ncccc2Br)cc1[N+](=O)[O-]. The Morgan fingerprint density at radius 2 is 2.14 bits per heavy atom. The largest absolute Gasteiger partial charge is 0.318 e. The van der Waals surface area contributed by atoms with Crippen LogP contribution in [-0.4, -0.2) is 15.8 Å². The van der Waals surface area contributed by atoms with Crippen LogP contribution in [0.2, 0.25) is 0 Å². The fourth-order valence-electron chi connectivity index (χ4n) is 1.60. The molecular formula is C12H10BrN5O3. The zero-order valence-electron chi connectivity index (χ0n) is 10.5. The Labute approximate surface area is 127 Å². The van der Waals surface area contributed by atoms with Crippen molar-refractivity contribution in [1.82, 2.24) is 4.98 Å². The topological polar surface area (TPSA) is 123 Å². The quantitative estimate of drug-likeness (QED) is 0.441. The minimum atomic E-state index is -0.622. The van der Waals surface area contributed by atoms with Gasteiger partial charge in [-0.3, -0.25) is 20.8 Å². The molecule has 0 aliphatic carbocycles. The van der Waals surface area contributed by atoms with Crippen LogP contribution >= 0.6 is 15.9 Å². The molecule has 8 nitrogen and oxygen atoms in total. The summed E-state index contributed by atoms with van der Waals surface area (Å²) < 4.78 is 0.605. The van der Waals surface area contributed by atoms with Crippen molar-refractivity contribution in [3.05, 3.63) is 56.7 Å². The number of nitrogens with one attached hydrogen (secondary N) is 2. The molecule has 0 fully saturated rings. The van der Waals surface area contributed by atoms with Gasteiger partial charge < -0.3 is 10.7 Å². The van der Waals surface area contributed by atoms with Crippen molar-refractivity contribution in [2.75, 3.05) is 10.7 Å². The molecule has 1 heterocycles. The number of aromatic nitrogens is 1. The van der Waals surface area contributed by atoms with Gasteiger partial charge in [0.1, 0.15) is 11.5 Å². The first-order chi connectivity index (χ1) is 10.0. The van der Waals surface area contributed by atoms with Gasteiger partial charge in [-0.05, 0) is 40.2 Å². The van der Waals surface area contributed by atoms with Crippen LogP contribution in [-0.2, 0) is 0 Å². The Morgan fingerprint density at radius 1 is 1.38 bits per heavy atom. The van der Waals surface area contributed by atoms with Crippen LogP contribution in [0.25, 0.3) is 0 Å². The Bertz CT molecular complexity index is 707. The van der Waals surface area contributed by atoms with E-state index in [9.17, 15) is 14.9 Å². The van der Waals surface area contributed by atoms with Gasteiger partial charge in [0.15, 0.2) is 0 Å². The first-order valence-corrected chi connectivity index (χ1v) is 6.49. The lowest BCUT2D eigenvalue weighted by Crippen LogP contribution is -2.15. The molecule has 0 aliphatic heterocycles. The minimum Gasteiger partial charge on any atom is -0.318 e. The van der Waals surface area contributed by atoms with Crippen LogP contribution in [0.15, 0.2) is 41.0 Å². The molecule has 0 atom stereocenters. The molecule has 0 spiro atoms. The number of nitro benzene ring substituents is 1. The average molecular weight is 352 g/mol. The molecule has 9 heteroatoms. The van der Waals surface area contributed by atoms with E-state index in [0.717, 1.165) is 6.07 Å². The third kappa shape index (κ3) is 3.33. The molecule has 0 unspecified atom stereocenters. The predicted octanol–water partition coefficient (Wildman–Crippen LogP) is 2.29. The molecule has 1 aromatic heterocycles. The first-order valence-electron chi connectivity index (χ1n) is 5.70. The highest BCUT2D eigenvalue weighted by atomic mass is 79.9. The monoisotopic (exact) mass is 351 g/mol. The van der Waals surface area contributed by atoms with E-state index in [4.69, 9.17) is 5.84 Å². The Kier molecular flexibility index (Phi) is 4.45. The molecule has 1 amide bonds. The number of hydrogen-bond donors (Lipinski definition) is 3. The lowest BCUT2D eigenvalue weighted by atomic mass is 10.1. The number of nitro groups is 1. The number of rotatable bonds is 4. The Morgan fingerprint density at radius 3 is 2.76 bits per heavy atom. The molecule has 0 saturated heterocycles. The number of carbonyl (C=O) groups is 1. The van der Waals surface area contributed by atoms with E-state index < -0.39 is 10.8 Å². The molecule has 2 aromatic rings. The Hall–Kier alpha value is -2.52. The maximum absolute atomic E-state index is 12.1. The van der Waals surface area contributed by atoms with Gasteiger partial charge in [0.2, 0.25) is 0 Å². The van der Waals surface area contributed by atoms with Crippen molar-refractivity contribution < 1.29 is 9.72 Å². The van der Waals surface area contributed by atoms with Crippen LogP contribution < -0.4 is 16.6 Å². The van der Waals surface area contributed by atoms with Crippen LogP contribution in [0, 0.1) is 10.1 Å². The van der Waals surface area contributed by atoms with Gasteiger partial charge in [0.05, 0.1) is 9.40 Å². The van der Waals surface area contributed by atoms with E-state index in [2.05, 4.69) is 31.7 Å². The maximum Gasteiger partial charge on any atom is 0.294 e. The van der Waals surface area contributed by atoms with Crippen LogP contribution in [0.4, 0.5) is 17.2 Å². The lowest BCUT2D eigenvalue weighted by molar-refractivity contribution is -0.384. The summed E-state index contributed by atoms with van der Waals surface area (Å²) in [6.45, 7) is 0. The van der Waals surface area contributed by atoms with E-state index in [1.165, 1.54) is 18.3 Å². The van der Waals surface area contributed by atoms with Crippen LogP contribution in [0.3, 0.4) is 0 Å². The summed E-state index contributed by atoms with van der Waals surface area (Å²) in [6.07, 6.45) is 1.52. The molecule has 108 valence electrons. The molecule has 4 N–H and O–H groups in total. The molecule has 0 radical (unpaired) electrons. The molecule has 0 aliphatic rings. The summed E-state index contributed by atoms with van der Waals surface area (Å²) in [5.74, 6) is 5.00. The highest BCUT2D eigenvalue weighted by Gasteiger charge is 2.17. The van der Waals surface area contributed by atoms with Gasteiger partial charge in [-0.15, -0.1) is 0 Å². The summed E-state index contributed by atoms with van der Waals surface area (Å²) in [4.78, 5) is 26.4. The number of hydrogen-bond acceptors (Lipinski definition) is 6. The van der Waals surface area contributed by atoms with Gasteiger partial charge in [-0.25, -0.2) is 4.98 Å². The van der Waals surface area contributed by atoms with E-state index >= 15 is 0 Å². The smallest absolute Gasteiger partial charge is 0.294 e. The average Bonchev–Trinajstić information content (AvgIpc) is 2.48. The summed E-state index contributed by atoms with van der Waals surface area (Å²) in [5.41, 5.74) is 2.17. The van der Waals surface area contributed by atoms with Gasteiger partial charge in [-0.1, -0.05) is 0 Å². The second-order valence-corrected chi connectivity index (χ2v) is 4.78. The van der Waals surface area contributed by atoms with E-state index in [0.29, 0.717) is 10.3 Å². The van der Waals surface area contributed by atoms with Crippen molar-refractivity contribution in [2.45, 2.75) is 0 Å². The summed E-state index contributed by atoms with van der Waals surface area (Å²) in [6, 6.07) is 7.34. The predicted molar refractivity (Wildman–Crippen MR) is 80.8 cm³/mol. The molecule has 0 bridgehead atoms. The lowest BCUT2D eigenvalue weighted by Gasteiger charge is -2.07. The first kappa shape index (κ1) is 14.9. The third-order valence-electron chi connectivity index (χ3n) is 2.60. The van der Waals surface area contributed by atoms with Gasteiger partial charge in [0.25, 0.3) is 11.6 Å². The zero-order valence-corrected chi connectivity index (χ0v) is 12.1. The number of carbonyl (C=O) groups excluding carboxylic acids is 1. The van der Waals surface area contributed by atoms with Crippen LogP contribution in [0.1, 0.15) is 10.4 Å². The van der Waals surface area contributed by atoms with Crippen LogP contribution in [0.5, 0.6) is 0 Å². The molecule has 21 heavy (non-hydrogen) atoms. The van der Waals surface area contributed by atoms with Crippen molar-refractivity contribution in [1.29, 1.82) is 0 Å². The Balaban J connectivity index is 2.30. The van der Waals surface area contributed by atoms with Gasteiger partial charge in [0, 0.05) is 17.8 Å². The number of nitrogens with two attached hydrogens (primary N) is 1. The molecule has 2 rings (SSSR count). The second kappa shape index (κ2) is 6.29. The van der Waals surface area contributed by atoms with Crippen molar-refractivity contribution in [3.63, 3.8) is 0 Å². The van der Waals surface area contributed by atoms with E-state index in [1.54, 1.807) is 12.1 Å². The van der Waals surface area contributed by atoms with Gasteiger partial charge >= 0.3 is 0 Å². The molecular weight excluding hydrogens is 342 g/mol. The summed E-state index contributed by atoms with van der Waals surface area (Å²) in [5, 5.41) is 13.5. The minimum absolute atomic E-state index is 0.121. The summed E-state index contributed by atoms with van der Waals surface area (Å²) >= 11 is 3.25. The number of nitrogen functional groups attached to an aromatic ring is 1. The third-order valence-corrected chi connectivity index (χ3v) is 3.24. The highest BCUT2D eigenvalue weighted by Crippen LogP contribution is 2.25. The fourth-order valence-corrected chi connectivity index (χ4v) is 1.96. The fraction of sp³-hybridized carbons (Fsp3) is 0. The maximum atomic E-state index is 12.1. The number of benzene rings is 1. The standard InChI is InChI=1S/C12H10BrN5O3/c13-8-2-1-5-15-11(8)16-12(19)7-3-4-9(17-14)10(6-7)18(20)21/h1-6,17H,14H2,(H,15,16,19). The highest BCUT2D eigenvalue weighted by molar-refractivity contribution is 9.10. The molecule has 1 aromatic carbocycles. The van der Waals surface area contributed by atoms with Crippen molar-refractivity contribution >= 4 is 39.0 Å². The van der Waals surface area contributed by atoms with Gasteiger partial charge in [-0.2, -0.15) is 0 Å². The summed E-state index contributed by atoms with van der Waals surface area (Å²) in [7, 11) is 0. The number of pyridine rings is 1. The normalized spacial score (nSPS) is 10.0.